The summed E-state index contributed by atoms with van der Waals surface area (Å²) in [5.74, 6) is -2.66. The van der Waals surface area contributed by atoms with Gasteiger partial charge in [-0.25, -0.2) is 4.79 Å². The molecule has 2 N–H and O–H groups in total. The Kier molecular flexibility index (Phi) is 12.5. The molecule has 9 nitrogen and oxygen atoms in total. The van der Waals surface area contributed by atoms with Crippen LogP contribution in [-0.2, 0) is 39.9 Å². The fourth-order valence-electron chi connectivity index (χ4n) is 5.50. The molecule has 4 rings (SSSR count). The zero-order valence-electron chi connectivity index (χ0n) is 26.6. The fraction of sp³-hybridized carbons (Fsp3) is 0.351. The van der Waals surface area contributed by atoms with Gasteiger partial charge in [0.25, 0.3) is 5.78 Å². The molecule has 3 aromatic carbocycles. The highest BCUT2D eigenvalue weighted by Gasteiger charge is 2.31. The molecular formula is C37H42N2O7. The summed E-state index contributed by atoms with van der Waals surface area (Å²) in [5, 5.41) is 2.94. The highest BCUT2D eigenvalue weighted by Crippen LogP contribution is 2.44. The van der Waals surface area contributed by atoms with Gasteiger partial charge in [-0.2, -0.15) is 5.48 Å². The zero-order chi connectivity index (χ0) is 33.1. The van der Waals surface area contributed by atoms with Crippen LogP contribution >= 0.6 is 0 Å². The summed E-state index contributed by atoms with van der Waals surface area (Å²) in [4.78, 5) is 56.9. The number of carbonyl (C=O) groups is 4. The molecule has 0 fully saturated rings. The highest BCUT2D eigenvalue weighted by molar-refractivity contribution is 6.35. The smallest absolute Gasteiger partial charge is 0.376 e. The summed E-state index contributed by atoms with van der Waals surface area (Å²) in [6.07, 6.45) is 0.983. The molecule has 0 aliphatic heterocycles. The predicted molar refractivity (Wildman–Crippen MR) is 175 cm³/mol. The summed E-state index contributed by atoms with van der Waals surface area (Å²) in [7, 11) is 0. The number of hydrogen-bond donors (Lipinski definition) is 2. The summed E-state index contributed by atoms with van der Waals surface area (Å²) in [6, 6.07) is 23.8. The average Bonchev–Trinajstić information content (AvgIpc) is 3.38. The lowest BCUT2D eigenvalue weighted by molar-refractivity contribution is -0.154. The summed E-state index contributed by atoms with van der Waals surface area (Å²) in [5.41, 5.74) is 8.22. The number of fused-ring (bicyclic) bond motifs is 3. The summed E-state index contributed by atoms with van der Waals surface area (Å²) in [6.45, 7) is 8.85. The Morgan fingerprint density at radius 2 is 1.46 bits per heavy atom. The van der Waals surface area contributed by atoms with Gasteiger partial charge < -0.3 is 9.47 Å². The van der Waals surface area contributed by atoms with Gasteiger partial charge in [-0.15, -0.1) is 0 Å². The molecule has 3 atom stereocenters. The number of ketones is 2. The molecule has 0 bridgehead atoms. The van der Waals surface area contributed by atoms with E-state index < -0.39 is 35.9 Å². The third kappa shape index (κ3) is 9.06. The minimum atomic E-state index is -0.996. The van der Waals surface area contributed by atoms with Crippen molar-refractivity contribution in [2.75, 3.05) is 19.8 Å². The van der Waals surface area contributed by atoms with Crippen LogP contribution in [0.5, 0.6) is 0 Å². The number of nitrogens with one attached hydrogen (secondary N) is 2. The van der Waals surface area contributed by atoms with Gasteiger partial charge in [-0.3, -0.25) is 24.5 Å². The molecule has 46 heavy (non-hydrogen) atoms. The SMILES string of the molecule is C=CCOC(=O)C(=O)[C@H](Cc1ccccc1)NCC(=O)[C@@H](NOC(C)CC(=O)OCC1c2ccccc2-c2ccccc21)C(C)C. The normalized spacial score (nSPS) is 14.1. The van der Waals surface area contributed by atoms with Crippen molar-refractivity contribution in [1.29, 1.82) is 0 Å². The number of Topliss-reactive ketones (excluding diaryl/α,β-unsaturated/α-hetero) is 2. The van der Waals surface area contributed by atoms with Crippen molar-refractivity contribution < 1.29 is 33.5 Å². The van der Waals surface area contributed by atoms with E-state index in [0.29, 0.717) is 0 Å². The molecule has 1 aliphatic carbocycles. The maximum absolute atomic E-state index is 13.3. The Morgan fingerprint density at radius 3 is 2.07 bits per heavy atom. The van der Waals surface area contributed by atoms with Crippen molar-refractivity contribution in [2.45, 2.75) is 57.7 Å². The number of esters is 2. The summed E-state index contributed by atoms with van der Waals surface area (Å²) >= 11 is 0. The van der Waals surface area contributed by atoms with E-state index >= 15 is 0 Å². The largest absolute Gasteiger partial charge is 0.465 e. The Hall–Kier alpha value is -4.44. The van der Waals surface area contributed by atoms with Crippen LogP contribution in [0.25, 0.3) is 11.1 Å². The van der Waals surface area contributed by atoms with Crippen LogP contribution in [0.4, 0.5) is 0 Å². The van der Waals surface area contributed by atoms with E-state index in [9.17, 15) is 19.2 Å². The van der Waals surface area contributed by atoms with Crippen molar-refractivity contribution in [2.24, 2.45) is 5.92 Å². The standard InChI is InChI=1S/C37H42N2O7/c1-5-19-44-37(43)36(42)32(21-26-13-7-6-8-14-26)38-22-33(40)35(24(2)3)39-46-25(4)20-34(41)45-23-31-29-17-11-9-15-27(29)28-16-10-12-18-30(28)31/h5-18,24-25,31-32,35,38-39H,1,19-23H2,2-4H3/t25?,32-,35-/m0/s1. The molecule has 0 saturated heterocycles. The Labute approximate surface area is 270 Å². The third-order valence-electron chi connectivity index (χ3n) is 7.89. The van der Waals surface area contributed by atoms with Crippen molar-refractivity contribution in [1.82, 2.24) is 10.8 Å². The number of carbonyl (C=O) groups excluding carboxylic acids is 4. The topological polar surface area (TPSA) is 120 Å². The molecule has 1 aliphatic rings. The maximum atomic E-state index is 13.3. The molecule has 1 unspecified atom stereocenters. The van der Waals surface area contributed by atoms with Gasteiger partial charge in [0.2, 0.25) is 0 Å². The first kappa shape index (κ1) is 34.4. The Balaban J connectivity index is 1.28. The van der Waals surface area contributed by atoms with Crippen LogP contribution < -0.4 is 10.8 Å². The number of ether oxygens (including phenoxy) is 2. The number of rotatable bonds is 18. The van der Waals surface area contributed by atoms with E-state index in [1.165, 1.54) is 6.08 Å². The zero-order valence-corrected chi connectivity index (χ0v) is 26.6. The predicted octanol–water partition coefficient (Wildman–Crippen LogP) is 4.73. The Morgan fingerprint density at radius 1 is 0.848 bits per heavy atom. The van der Waals surface area contributed by atoms with Gasteiger partial charge in [-0.05, 0) is 47.1 Å². The first-order valence-electron chi connectivity index (χ1n) is 15.6. The number of hydroxylamine groups is 1. The molecule has 0 saturated carbocycles. The molecule has 0 spiro atoms. The lowest BCUT2D eigenvalue weighted by Crippen LogP contribution is -2.50. The molecule has 3 aromatic rings. The van der Waals surface area contributed by atoms with Crippen molar-refractivity contribution in [3.05, 3.63) is 108 Å². The van der Waals surface area contributed by atoms with Crippen LogP contribution in [0.2, 0.25) is 0 Å². The second-order valence-corrected chi connectivity index (χ2v) is 11.7. The third-order valence-corrected chi connectivity index (χ3v) is 7.89. The van der Waals surface area contributed by atoms with E-state index in [-0.39, 0.29) is 50.2 Å². The van der Waals surface area contributed by atoms with Gasteiger partial charge in [0.1, 0.15) is 13.2 Å². The van der Waals surface area contributed by atoms with Gasteiger partial charge >= 0.3 is 11.9 Å². The van der Waals surface area contributed by atoms with E-state index in [4.69, 9.17) is 14.3 Å². The summed E-state index contributed by atoms with van der Waals surface area (Å²) < 4.78 is 10.6. The van der Waals surface area contributed by atoms with E-state index in [1.807, 2.05) is 68.4 Å². The van der Waals surface area contributed by atoms with Gasteiger partial charge in [-0.1, -0.05) is 105 Å². The molecule has 0 heterocycles. The molecule has 242 valence electrons. The van der Waals surface area contributed by atoms with Gasteiger partial charge in [0, 0.05) is 5.92 Å². The molecule has 0 radical (unpaired) electrons. The minimum Gasteiger partial charge on any atom is -0.465 e. The van der Waals surface area contributed by atoms with Crippen LogP contribution in [-0.4, -0.2) is 61.5 Å². The lowest BCUT2D eigenvalue weighted by atomic mass is 9.98. The van der Waals surface area contributed by atoms with Crippen LogP contribution in [0.3, 0.4) is 0 Å². The monoisotopic (exact) mass is 626 g/mol. The molecule has 9 heteroatoms. The first-order chi connectivity index (χ1) is 22.2. The van der Waals surface area contributed by atoms with Crippen molar-refractivity contribution in [3.8, 4) is 11.1 Å². The quantitative estimate of drug-likeness (QED) is 0.0894. The second-order valence-electron chi connectivity index (χ2n) is 11.7. The lowest BCUT2D eigenvalue weighted by Gasteiger charge is -2.24. The Bertz CT molecular complexity index is 1480. The minimum absolute atomic E-state index is 0.0132. The van der Waals surface area contributed by atoms with E-state index in [2.05, 4.69) is 41.6 Å². The number of hydrogen-bond acceptors (Lipinski definition) is 9. The highest BCUT2D eigenvalue weighted by atomic mass is 16.7. The molecule has 0 amide bonds. The van der Waals surface area contributed by atoms with Gasteiger partial charge in [0.15, 0.2) is 5.78 Å². The van der Waals surface area contributed by atoms with Crippen molar-refractivity contribution >= 4 is 23.5 Å². The van der Waals surface area contributed by atoms with Crippen molar-refractivity contribution in [3.63, 3.8) is 0 Å². The van der Waals surface area contributed by atoms with Crippen LogP contribution in [0, 0.1) is 5.92 Å². The first-order valence-corrected chi connectivity index (χ1v) is 15.6. The average molecular weight is 627 g/mol. The van der Waals surface area contributed by atoms with Gasteiger partial charge in [0.05, 0.1) is 31.2 Å². The van der Waals surface area contributed by atoms with E-state index in [1.54, 1.807) is 6.92 Å². The molecule has 0 aromatic heterocycles. The van der Waals surface area contributed by atoms with E-state index in [0.717, 1.165) is 27.8 Å². The second kappa shape index (κ2) is 16.7. The maximum Gasteiger partial charge on any atom is 0.376 e. The molecular weight excluding hydrogens is 584 g/mol. The van der Waals surface area contributed by atoms with Crippen LogP contribution in [0.15, 0.2) is 91.5 Å². The van der Waals surface area contributed by atoms with Crippen LogP contribution in [0.1, 0.15) is 49.8 Å². The fourth-order valence-corrected chi connectivity index (χ4v) is 5.50. The number of benzene rings is 3.